The van der Waals surface area contributed by atoms with Crippen LogP contribution in [0.3, 0.4) is 0 Å². The second-order valence-corrected chi connectivity index (χ2v) is 9.90. The number of nitrogens with zero attached hydrogens (tertiary/aromatic N) is 2. The van der Waals surface area contributed by atoms with Gasteiger partial charge in [0.2, 0.25) is 5.91 Å². The van der Waals surface area contributed by atoms with Crippen molar-refractivity contribution in [3.63, 3.8) is 0 Å². The zero-order chi connectivity index (χ0) is 24.3. The van der Waals surface area contributed by atoms with Gasteiger partial charge in [0.15, 0.2) is 6.04 Å². The Balaban J connectivity index is 1.85. The minimum absolute atomic E-state index is 0.118. The molecule has 3 amide bonds. The lowest BCUT2D eigenvalue weighted by molar-refractivity contribution is -0.133. The molecule has 0 spiro atoms. The van der Waals surface area contributed by atoms with Crippen molar-refractivity contribution in [2.75, 3.05) is 43.1 Å². The molecule has 0 radical (unpaired) electrons. The van der Waals surface area contributed by atoms with Crippen LogP contribution in [0, 0.1) is 11.3 Å². The minimum Gasteiger partial charge on any atom is -0.370 e. The molecule has 1 aromatic carbocycles. The molecule has 1 saturated heterocycles. The second kappa shape index (κ2) is 10.1. The summed E-state index contributed by atoms with van der Waals surface area (Å²) in [5, 5.41) is 2.48. The molecule has 1 saturated carbocycles. The molecule has 33 heavy (non-hydrogen) atoms. The molecule has 3 N–H and O–H groups in total. The van der Waals surface area contributed by atoms with Gasteiger partial charge in [-0.15, -0.1) is 0 Å². The first-order chi connectivity index (χ1) is 15.5. The zero-order valence-electron chi connectivity index (χ0n) is 19.3. The zero-order valence-corrected chi connectivity index (χ0v) is 19.3. The van der Waals surface area contributed by atoms with Crippen LogP contribution in [-0.4, -0.2) is 61.5 Å². The number of nitrogens with two attached hydrogens (primary N) is 1. The number of carbonyl (C=O) groups excluding carboxylic acids is 3. The lowest BCUT2D eigenvalue weighted by Crippen LogP contribution is -2.54. The Bertz CT molecular complexity index is 899. The summed E-state index contributed by atoms with van der Waals surface area (Å²) < 4.78 is 32.8. The highest BCUT2D eigenvalue weighted by molar-refractivity contribution is 6.10. The quantitative estimate of drug-likeness (QED) is 0.544. The Hall–Kier alpha value is -2.59. The van der Waals surface area contributed by atoms with Gasteiger partial charge in [-0.05, 0) is 42.4 Å². The summed E-state index contributed by atoms with van der Waals surface area (Å²) >= 11 is 0. The van der Waals surface area contributed by atoms with E-state index >= 15 is 0 Å². The predicted molar refractivity (Wildman–Crippen MR) is 120 cm³/mol. The van der Waals surface area contributed by atoms with Gasteiger partial charge < -0.3 is 20.7 Å². The van der Waals surface area contributed by atoms with Gasteiger partial charge in [-0.3, -0.25) is 19.3 Å². The molecule has 0 bridgehead atoms. The summed E-state index contributed by atoms with van der Waals surface area (Å²) in [6.45, 7) is 7.39. The SMILES string of the molecule is CC(C)(C)CN(CC1CC1)[C@H](C(N)=O)C(=O)Nc1ccc(N2CCOCC2=O)cc1C(F)F. The summed E-state index contributed by atoms with van der Waals surface area (Å²) in [5.41, 5.74) is 5.13. The molecule has 3 rings (SSSR count). The number of halogens is 2. The number of primary amides is 1. The predicted octanol–water partition coefficient (Wildman–Crippen LogP) is 2.54. The average molecular weight is 467 g/mol. The van der Waals surface area contributed by atoms with E-state index in [4.69, 9.17) is 10.5 Å². The summed E-state index contributed by atoms with van der Waals surface area (Å²) in [4.78, 5) is 40.6. The highest BCUT2D eigenvalue weighted by Gasteiger charge is 2.37. The van der Waals surface area contributed by atoms with Gasteiger partial charge >= 0.3 is 0 Å². The van der Waals surface area contributed by atoms with E-state index in [0.29, 0.717) is 31.3 Å². The Morgan fingerprint density at radius 1 is 1.30 bits per heavy atom. The van der Waals surface area contributed by atoms with Gasteiger partial charge in [-0.1, -0.05) is 20.8 Å². The molecule has 1 atom stereocenters. The number of alkyl halides is 2. The first-order valence-electron chi connectivity index (χ1n) is 11.1. The number of amides is 3. The molecule has 1 aliphatic heterocycles. The van der Waals surface area contributed by atoms with Crippen LogP contribution in [0.25, 0.3) is 0 Å². The van der Waals surface area contributed by atoms with Gasteiger partial charge in [0.05, 0.1) is 6.61 Å². The van der Waals surface area contributed by atoms with Gasteiger partial charge in [0, 0.05) is 36.6 Å². The van der Waals surface area contributed by atoms with Crippen molar-refractivity contribution in [3.05, 3.63) is 23.8 Å². The molecule has 0 unspecified atom stereocenters. The van der Waals surface area contributed by atoms with Gasteiger partial charge in [0.1, 0.15) is 6.61 Å². The van der Waals surface area contributed by atoms with E-state index in [2.05, 4.69) is 5.32 Å². The smallest absolute Gasteiger partial charge is 0.265 e. The topological polar surface area (TPSA) is 105 Å². The Morgan fingerprint density at radius 3 is 2.55 bits per heavy atom. The average Bonchev–Trinajstić information content (AvgIpc) is 3.51. The monoisotopic (exact) mass is 466 g/mol. The van der Waals surface area contributed by atoms with Crippen LogP contribution in [0.1, 0.15) is 45.6 Å². The maximum atomic E-state index is 13.9. The van der Waals surface area contributed by atoms with Crippen LogP contribution in [0.15, 0.2) is 18.2 Å². The van der Waals surface area contributed by atoms with Crippen molar-refractivity contribution in [2.24, 2.45) is 17.1 Å². The summed E-state index contributed by atoms with van der Waals surface area (Å²) in [5.74, 6) is -1.51. The molecular formula is C23H32F2N4O4. The third kappa shape index (κ3) is 6.70. The summed E-state index contributed by atoms with van der Waals surface area (Å²) in [6, 6.07) is 2.71. The fraction of sp³-hybridized carbons (Fsp3) is 0.609. The van der Waals surface area contributed by atoms with Gasteiger partial charge in [-0.2, -0.15) is 0 Å². The number of benzene rings is 1. The number of rotatable bonds is 9. The van der Waals surface area contributed by atoms with E-state index < -0.39 is 29.8 Å². The van der Waals surface area contributed by atoms with Crippen LogP contribution in [0.4, 0.5) is 20.2 Å². The molecule has 2 aliphatic rings. The summed E-state index contributed by atoms with van der Waals surface area (Å²) in [6.07, 6.45) is -0.865. The van der Waals surface area contributed by atoms with E-state index in [1.165, 1.54) is 23.1 Å². The van der Waals surface area contributed by atoms with Crippen molar-refractivity contribution in [1.82, 2.24) is 4.90 Å². The highest BCUT2D eigenvalue weighted by Crippen LogP contribution is 2.34. The van der Waals surface area contributed by atoms with Crippen molar-refractivity contribution >= 4 is 29.1 Å². The molecule has 2 fully saturated rings. The van der Waals surface area contributed by atoms with Gasteiger partial charge in [0.25, 0.3) is 18.2 Å². The highest BCUT2D eigenvalue weighted by atomic mass is 19.3. The second-order valence-electron chi connectivity index (χ2n) is 9.90. The number of hydrogen-bond donors (Lipinski definition) is 2. The van der Waals surface area contributed by atoms with E-state index in [-0.39, 0.29) is 30.2 Å². The molecule has 0 aromatic heterocycles. The van der Waals surface area contributed by atoms with Crippen molar-refractivity contribution < 1.29 is 27.9 Å². The third-order valence-electron chi connectivity index (χ3n) is 5.58. The fourth-order valence-electron chi connectivity index (χ4n) is 3.98. The first-order valence-corrected chi connectivity index (χ1v) is 11.1. The number of hydrogen-bond acceptors (Lipinski definition) is 5. The Kier molecular flexibility index (Phi) is 7.69. The first kappa shape index (κ1) is 25.0. The molecule has 1 aliphatic carbocycles. The number of morpholine rings is 1. The minimum atomic E-state index is -2.90. The Labute approximate surface area is 192 Å². The largest absolute Gasteiger partial charge is 0.370 e. The number of ether oxygens (including phenoxy) is 1. The number of carbonyl (C=O) groups is 3. The van der Waals surface area contributed by atoms with Crippen molar-refractivity contribution in [2.45, 2.75) is 46.1 Å². The van der Waals surface area contributed by atoms with E-state index in [0.717, 1.165) is 12.8 Å². The number of anilines is 2. The molecular weight excluding hydrogens is 434 g/mol. The molecule has 8 nitrogen and oxygen atoms in total. The van der Waals surface area contributed by atoms with Crippen molar-refractivity contribution in [1.29, 1.82) is 0 Å². The van der Waals surface area contributed by atoms with Crippen LogP contribution in [0.5, 0.6) is 0 Å². The maximum Gasteiger partial charge on any atom is 0.265 e. The van der Waals surface area contributed by atoms with Crippen molar-refractivity contribution in [3.8, 4) is 0 Å². The lowest BCUT2D eigenvalue weighted by atomic mass is 9.94. The van der Waals surface area contributed by atoms with E-state index in [1.807, 2.05) is 20.8 Å². The number of nitrogens with one attached hydrogen (secondary N) is 1. The van der Waals surface area contributed by atoms with Gasteiger partial charge in [-0.25, -0.2) is 8.78 Å². The van der Waals surface area contributed by atoms with Crippen LogP contribution in [-0.2, 0) is 19.1 Å². The van der Waals surface area contributed by atoms with Crippen LogP contribution >= 0.6 is 0 Å². The van der Waals surface area contributed by atoms with Crippen LogP contribution < -0.4 is 16.0 Å². The Morgan fingerprint density at radius 2 is 2.00 bits per heavy atom. The normalized spacial score (nSPS) is 18.0. The molecule has 182 valence electrons. The third-order valence-corrected chi connectivity index (χ3v) is 5.58. The standard InChI is InChI=1S/C23H32F2N4O4/c1-23(2,3)13-28(11-14-4-5-14)19(21(26)31)22(32)27-17-7-6-15(10-16(17)20(24)25)29-8-9-33-12-18(29)30/h6-7,10,14,19-20H,4-5,8-9,11-13H2,1-3H3,(H2,26,31)(H,27,32)/t19-/m1/s1. The van der Waals surface area contributed by atoms with E-state index in [9.17, 15) is 23.2 Å². The maximum absolute atomic E-state index is 13.9. The molecule has 10 heteroatoms. The fourth-order valence-corrected chi connectivity index (χ4v) is 3.98. The van der Waals surface area contributed by atoms with E-state index in [1.54, 1.807) is 4.90 Å². The lowest BCUT2D eigenvalue weighted by Gasteiger charge is -2.34. The molecule has 1 aromatic rings. The van der Waals surface area contributed by atoms with Crippen LogP contribution in [0.2, 0.25) is 0 Å². The summed E-state index contributed by atoms with van der Waals surface area (Å²) in [7, 11) is 0. The molecule has 1 heterocycles.